The topological polar surface area (TPSA) is 9.23 Å². The molecule has 2 aromatic rings. The number of ether oxygens (including phenoxy) is 1. The molecule has 0 N–H and O–H groups in total. The standard InChI is InChI=1S/C13H7BF6O/c1-21-13-9(19)4-8(18)12(20)11(13)14-10-6(16)2-5(15)3-7(10)17/h2-4,14H,1H3. The average Bonchev–Trinajstić information content (AvgIpc) is 2.39. The van der Waals surface area contributed by atoms with Crippen molar-refractivity contribution in [2.75, 3.05) is 7.11 Å². The van der Waals surface area contributed by atoms with Crippen LogP contribution in [-0.2, 0) is 0 Å². The van der Waals surface area contributed by atoms with Crippen molar-refractivity contribution in [3.05, 3.63) is 53.1 Å². The molecule has 0 unspecified atom stereocenters. The number of rotatable bonds is 3. The van der Waals surface area contributed by atoms with E-state index in [0.29, 0.717) is 12.1 Å². The Morgan fingerprint density at radius 3 is 1.86 bits per heavy atom. The molecule has 2 rings (SSSR count). The minimum atomic E-state index is -1.52. The molecule has 110 valence electrons. The summed E-state index contributed by atoms with van der Waals surface area (Å²) in [6, 6.07) is 1.03. The SMILES string of the molecule is COc1c(F)cc(F)c(F)c1Bc1c(F)cc(F)cc1F. The van der Waals surface area contributed by atoms with Crippen LogP contribution in [0.2, 0.25) is 0 Å². The van der Waals surface area contributed by atoms with Gasteiger partial charge in [-0.15, -0.1) is 0 Å². The molecule has 8 heteroatoms. The Hall–Kier alpha value is -2.12. The second-order valence-electron chi connectivity index (χ2n) is 4.19. The van der Waals surface area contributed by atoms with Gasteiger partial charge >= 0.3 is 0 Å². The molecule has 0 atom stereocenters. The van der Waals surface area contributed by atoms with Gasteiger partial charge in [-0.05, 0) is 5.46 Å². The highest BCUT2D eigenvalue weighted by Crippen LogP contribution is 2.18. The Morgan fingerprint density at radius 2 is 1.33 bits per heavy atom. The van der Waals surface area contributed by atoms with Crippen molar-refractivity contribution in [1.82, 2.24) is 0 Å². The molecule has 0 saturated carbocycles. The Balaban J connectivity index is 2.59. The summed E-state index contributed by atoms with van der Waals surface area (Å²) < 4.78 is 84.9. The fraction of sp³-hybridized carbons (Fsp3) is 0.0769. The number of hydrogen-bond acceptors (Lipinski definition) is 1. The molecule has 0 amide bonds. The summed E-state index contributed by atoms with van der Waals surface area (Å²) in [7, 11) is 0.165. The predicted octanol–water partition coefficient (Wildman–Crippen LogP) is 1.92. The van der Waals surface area contributed by atoms with Crippen molar-refractivity contribution in [3.63, 3.8) is 0 Å². The molecule has 0 spiro atoms. The van der Waals surface area contributed by atoms with Crippen LogP contribution in [0.1, 0.15) is 0 Å². The summed E-state index contributed by atoms with van der Waals surface area (Å²) in [5.74, 6) is -8.64. The largest absolute Gasteiger partial charge is 0.494 e. The first kappa shape index (κ1) is 15.3. The van der Waals surface area contributed by atoms with Gasteiger partial charge in [-0.3, -0.25) is 0 Å². The summed E-state index contributed by atoms with van der Waals surface area (Å²) in [4.78, 5) is 0. The fourth-order valence-corrected chi connectivity index (χ4v) is 1.92. The van der Waals surface area contributed by atoms with E-state index in [9.17, 15) is 26.3 Å². The van der Waals surface area contributed by atoms with E-state index < -0.39 is 58.9 Å². The van der Waals surface area contributed by atoms with Gasteiger partial charge in [0.25, 0.3) is 0 Å². The number of methoxy groups -OCH3 is 1. The van der Waals surface area contributed by atoms with Crippen LogP contribution in [0.25, 0.3) is 0 Å². The fourth-order valence-electron chi connectivity index (χ4n) is 1.92. The molecule has 0 fully saturated rings. The molecule has 1 nitrogen and oxygen atoms in total. The first-order valence-corrected chi connectivity index (χ1v) is 5.69. The normalized spacial score (nSPS) is 10.6. The van der Waals surface area contributed by atoms with Crippen molar-refractivity contribution in [2.24, 2.45) is 0 Å². The average molecular weight is 304 g/mol. The monoisotopic (exact) mass is 304 g/mol. The molecule has 0 aliphatic heterocycles. The van der Waals surface area contributed by atoms with Gasteiger partial charge in [0.2, 0.25) is 7.28 Å². The van der Waals surface area contributed by atoms with Gasteiger partial charge in [0.05, 0.1) is 7.11 Å². The van der Waals surface area contributed by atoms with Crippen LogP contribution in [-0.4, -0.2) is 14.4 Å². The van der Waals surface area contributed by atoms with E-state index >= 15 is 0 Å². The lowest BCUT2D eigenvalue weighted by Crippen LogP contribution is -2.36. The van der Waals surface area contributed by atoms with Crippen molar-refractivity contribution in [2.45, 2.75) is 0 Å². The maximum Gasteiger partial charge on any atom is 0.209 e. The van der Waals surface area contributed by atoms with E-state index in [-0.39, 0.29) is 6.07 Å². The maximum atomic E-state index is 13.7. The van der Waals surface area contributed by atoms with E-state index in [1.807, 2.05) is 0 Å². The maximum absolute atomic E-state index is 13.7. The third-order valence-electron chi connectivity index (χ3n) is 2.88. The molecule has 0 bridgehead atoms. The van der Waals surface area contributed by atoms with E-state index in [1.54, 1.807) is 0 Å². The van der Waals surface area contributed by atoms with Crippen LogP contribution in [0.5, 0.6) is 5.75 Å². The predicted molar refractivity (Wildman–Crippen MR) is 65.6 cm³/mol. The van der Waals surface area contributed by atoms with Crippen LogP contribution >= 0.6 is 0 Å². The van der Waals surface area contributed by atoms with Crippen LogP contribution < -0.4 is 15.7 Å². The van der Waals surface area contributed by atoms with E-state index in [1.165, 1.54) is 0 Å². The summed E-state index contributed by atoms with van der Waals surface area (Å²) >= 11 is 0. The van der Waals surface area contributed by atoms with Gasteiger partial charge in [-0.25, -0.2) is 26.3 Å². The van der Waals surface area contributed by atoms with Gasteiger partial charge < -0.3 is 4.74 Å². The number of halogens is 6. The third kappa shape index (κ3) is 2.84. The first-order chi connectivity index (χ1) is 9.85. The van der Waals surface area contributed by atoms with E-state index in [0.717, 1.165) is 7.11 Å². The highest BCUT2D eigenvalue weighted by atomic mass is 19.2. The van der Waals surface area contributed by atoms with Crippen LogP contribution in [0, 0.1) is 34.9 Å². The Bertz CT molecular complexity index is 681. The Labute approximate surface area is 116 Å². The first-order valence-electron chi connectivity index (χ1n) is 5.69. The van der Waals surface area contributed by atoms with Crippen LogP contribution in [0.4, 0.5) is 26.3 Å². The summed E-state index contributed by atoms with van der Waals surface area (Å²) in [6.45, 7) is 0. The molecule has 0 heterocycles. The van der Waals surface area contributed by atoms with Gasteiger partial charge in [0.15, 0.2) is 23.2 Å². The highest BCUT2D eigenvalue weighted by molar-refractivity contribution is 6.68. The molecule has 0 saturated heterocycles. The summed E-state index contributed by atoms with van der Waals surface area (Å²) in [5.41, 5.74) is -1.42. The number of hydrogen-bond donors (Lipinski definition) is 0. The molecular weight excluding hydrogens is 297 g/mol. The molecule has 0 aliphatic rings. The second kappa shape index (κ2) is 5.71. The summed E-state index contributed by atoms with van der Waals surface area (Å²) in [5, 5.41) is 0. The van der Waals surface area contributed by atoms with Crippen molar-refractivity contribution >= 4 is 18.2 Å². The minimum Gasteiger partial charge on any atom is -0.494 e. The highest BCUT2D eigenvalue weighted by Gasteiger charge is 2.23. The van der Waals surface area contributed by atoms with Crippen LogP contribution in [0.3, 0.4) is 0 Å². The molecule has 0 aliphatic carbocycles. The minimum absolute atomic E-state index is 0.259. The van der Waals surface area contributed by atoms with Crippen molar-refractivity contribution < 1.29 is 31.1 Å². The quantitative estimate of drug-likeness (QED) is 0.478. The third-order valence-corrected chi connectivity index (χ3v) is 2.88. The van der Waals surface area contributed by atoms with Gasteiger partial charge in [-0.2, -0.15) is 0 Å². The van der Waals surface area contributed by atoms with E-state index in [2.05, 4.69) is 4.74 Å². The second-order valence-corrected chi connectivity index (χ2v) is 4.19. The molecule has 0 aromatic heterocycles. The Kier molecular flexibility index (Phi) is 4.15. The van der Waals surface area contributed by atoms with E-state index in [4.69, 9.17) is 0 Å². The molecular formula is C13H7BF6O. The molecule has 21 heavy (non-hydrogen) atoms. The smallest absolute Gasteiger partial charge is 0.209 e. The lowest BCUT2D eigenvalue weighted by atomic mass is 9.62. The molecule has 2 aromatic carbocycles. The van der Waals surface area contributed by atoms with Gasteiger partial charge in [0, 0.05) is 23.7 Å². The van der Waals surface area contributed by atoms with Crippen LogP contribution in [0.15, 0.2) is 18.2 Å². The lowest BCUT2D eigenvalue weighted by molar-refractivity contribution is 0.381. The molecule has 0 radical (unpaired) electrons. The van der Waals surface area contributed by atoms with Gasteiger partial charge in [-0.1, -0.05) is 0 Å². The zero-order chi connectivity index (χ0) is 15.7. The van der Waals surface area contributed by atoms with Crippen molar-refractivity contribution in [1.29, 1.82) is 0 Å². The lowest BCUT2D eigenvalue weighted by Gasteiger charge is -2.12. The number of benzene rings is 2. The van der Waals surface area contributed by atoms with Crippen molar-refractivity contribution in [3.8, 4) is 5.75 Å². The van der Waals surface area contributed by atoms with Gasteiger partial charge in [0.1, 0.15) is 17.5 Å². The zero-order valence-corrected chi connectivity index (χ0v) is 10.6. The summed E-state index contributed by atoms with van der Waals surface area (Å²) in [6.07, 6.45) is 0. The Morgan fingerprint density at radius 1 is 0.762 bits per heavy atom. The zero-order valence-electron chi connectivity index (χ0n) is 10.6.